The van der Waals surface area contributed by atoms with Crippen LogP contribution < -0.4 is 0 Å². The van der Waals surface area contributed by atoms with E-state index in [1.54, 1.807) is 0 Å². The summed E-state index contributed by atoms with van der Waals surface area (Å²) in [5.74, 6) is 0.163. The number of rotatable bonds is 5. The maximum Gasteiger partial charge on any atom is 0.143 e. The van der Waals surface area contributed by atoms with Crippen LogP contribution in [0.4, 0.5) is 0 Å². The van der Waals surface area contributed by atoms with Crippen LogP contribution in [0.25, 0.3) is 0 Å². The zero-order valence-corrected chi connectivity index (χ0v) is 8.62. The van der Waals surface area contributed by atoms with E-state index in [9.17, 15) is 0 Å². The Labute approximate surface area is 78.7 Å². The highest BCUT2D eigenvalue weighted by Gasteiger charge is 2.29. The molecular weight excluding hydrogens is 183 g/mol. The van der Waals surface area contributed by atoms with Gasteiger partial charge in [-0.2, -0.15) is 0 Å². The van der Waals surface area contributed by atoms with E-state index >= 15 is 0 Å². The molecule has 1 unspecified atom stereocenters. The highest BCUT2D eigenvalue weighted by Crippen LogP contribution is 2.32. The van der Waals surface area contributed by atoms with Crippen LogP contribution in [0, 0.1) is 5.92 Å². The average Bonchev–Trinajstić information content (AvgIpc) is 2.00. The SMILES string of the molecule is CCCCC(C)C(Cl)(Cl)CO. The van der Waals surface area contributed by atoms with Gasteiger partial charge in [-0.3, -0.25) is 0 Å². The third-order valence-corrected chi connectivity index (χ3v) is 2.91. The predicted octanol–water partition coefficient (Wildman–Crippen LogP) is 2.98. The molecule has 0 aromatic heterocycles. The molecule has 0 bridgehead atoms. The first kappa shape index (κ1) is 11.5. The Balaban J connectivity index is 3.71. The van der Waals surface area contributed by atoms with Crippen molar-refractivity contribution >= 4 is 23.2 Å². The van der Waals surface area contributed by atoms with Gasteiger partial charge in [0.1, 0.15) is 4.33 Å². The maximum absolute atomic E-state index is 8.80. The minimum absolute atomic E-state index is 0.163. The molecule has 0 heterocycles. The van der Waals surface area contributed by atoms with Gasteiger partial charge in [-0.05, 0) is 12.3 Å². The first-order chi connectivity index (χ1) is 5.04. The molecule has 68 valence electrons. The van der Waals surface area contributed by atoms with Gasteiger partial charge in [-0.1, -0.05) is 49.9 Å². The summed E-state index contributed by atoms with van der Waals surface area (Å²) in [6, 6.07) is 0. The van der Waals surface area contributed by atoms with E-state index in [1.165, 1.54) is 0 Å². The van der Waals surface area contributed by atoms with Crippen molar-refractivity contribution in [1.29, 1.82) is 0 Å². The molecule has 1 nitrogen and oxygen atoms in total. The maximum atomic E-state index is 8.80. The molecular formula is C8H16Cl2O. The van der Waals surface area contributed by atoms with Crippen LogP contribution in [0.1, 0.15) is 33.1 Å². The lowest BCUT2D eigenvalue weighted by Crippen LogP contribution is -2.27. The second-order valence-corrected chi connectivity index (χ2v) is 4.50. The Morgan fingerprint density at radius 2 is 2.00 bits per heavy atom. The molecule has 0 spiro atoms. The van der Waals surface area contributed by atoms with Crippen molar-refractivity contribution in [1.82, 2.24) is 0 Å². The van der Waals surface area contributed by atoms with E-state index in [0.717, 1.165) is 19.3 Å². The zero-order valence-electron chi connectivity index (χ0n) is 7.11. The Morgan fingerprint density at radius 3 is 2.36 bits per heavy atom. The molecule has 0 radical (unpaired) electrons. The Bertz CT molecular complexity index is 104. The Kier molecular flexibility index (Phi) is 5.49. The molecule has 0 rings (SSSR count). The normalized spacial score (nSPS) is 15.0. The molecule has 0 amide bonds. The van der Waals surface area contributed by atoms with E-state index in [2.05, 4.69) is 6.92 Å². The highest BCUT2D eigenvalue weighted by atomic mass is 35.5. The number of hydrogen-bond donors (Lipinski definition) is 1. The van der Waals surface area contributed by atoms with Gasteiger partial charge in [0.05, 0.1) is 6.61 Å². The van der Waals surface area contributed by atoms with Gasteiger partial charge in [0.15, 0.2) is 0 Å². The smallest absolute Gasteiger partial charge is 0.143 e. The number of aliphatic hydroxyl groups excluding tert-OH is 1. The quantitative estimate of drug-likeness (QED) is 0.675. The van der Waals surface area contributed by atoms with Gasteiger partial charge in [-0.15, -0.1) is 0 Å². The second kappa shape index (κ2) is 5.23. The lowest BCUT2D eigenvalue weighted by molar-refractivity contribution is 0.243. The van der Waals surface area contributed by atoms with E-state index in [4.69, 9.17) is 28.3 Å². The molecule has 0 saturated heterocycles. The topological polar surface area (TPSA) is 20.2 Å². The standard InChI is InChI=1S/C8H16Cl2O/c1-3-4-5-7(2)8(9,10)6-11/h7,11H,3-6H2,1-2H3. The largest absolute Gasteiger partial charge is 0.393 e. The summed E-state index contributed by atoms with van der Waals surface area (Å²) in [7, 11) is 0. The summed E-state index contributed by atoms with van der Waals surface area (Å²) in [5, 5.41) is 8.80. The van der Waals surface area contributed by atoms with Crippen molar-refractivity contribution in [2.45, 2.75) is 37.4 Å². The van der Waals surface area contributed by atoms with Gasteiger partial charge < -0.3 is 5.11 Å². The van der Waals surface area contributed by atoms with Crippen molar-refractivity contribution in [3.05, 3.63) is 0 Å². The summed E-state index contributed by atoms with van der Waals surface area (Å²) in [6.45, 7) is 3.92. The molecule has 3 heteroatoms. The summed E-state index contributed by atoms with van der Waals surface area (Å²) < 4.78 is -0.949. The number of hydrogen-bond acceptors (Lipinski definition) is 1. The van der Waals surface area contributed by atoms with Crippen LogP contribution in [0.3, 0.4) is 0 Å². The molecule has 0 aliphatic heterocycles. The molecule has 0 aliphatic carbocycles. The van der Waals surface area contributed by atoms with Crippen LogP contribution in [-0.4, -0.2) is 16.0 Å². The van der Waals surface area contributed by atoms with Gasteiger partial charge in [0, 0.05) is 0 Å². The van der Waals surface area contributed by atoms with Gasteiger partial charge in [0.2, 0.25) is 0 Å². The number of unbranched alkanes of at least 4 members (excludes halogenated alkanes) is 1. The fourth-order valence-corrected chi connectivity index (χ4v) is 1.10. The van der Waals surface area contributed by atoms with Crippen molar-refractivity contribution in [3.63, 3.8) is 0 Å². The summed E-state index contributed by atoms with van der Waals surface area (Å²) in [5.41, 5.74) is 0. The van der Waals surface area contributed by atoms with Crippen LogP contribution in [0.2, 0.25) is 0 Å². The summed E-state index contributed by atoms with van der Waals surface area (Å²) in [4.78, 5) is 0. The lowest BCUT2D eigenvalue weighted by Gasteiger charge is -2.24. The number of alkyl halides is 2. The molecule has 0 aromatic carbocycles. The van der Waals surface area contributed by atoms with Crippen molar-refractivity contribution in [3.8, 4) is 0 Å². The third-order valence-electron chi connectivity index (χ3n) is 1.92. The van der Waals surface area contributed by atoms with Gasteiger partial charge >= 0.3 is 0 Å². The molecule has 1 N–H and O–H groups in total. The minimum atomic E-state index is -0.949. The number of aliphatic hydroxyl groups is 1. The summed E-state index contributed by atoms with van der Waals surface area (Å²) >= 11 is 11.6. The highest BCUT2D eigenvalue weighted by molar-refractivity contribution is 6.48. The second-order valence-electron chi connectivity index (χ2n) is 2.96. The number of halogens is 2. The van der Waals surface area contributed by atoms with E-state index in [-0.39, 0.29) is 12.5 Å². The minimum Gasteiger partial charge on any atom is -0.393 e. The molecule has 11 heavy (non-hydrogen) atoms. The first-order valence-electron chi connectivity index (χ1n) is 4.03. The summed E-state index contributed by atoms with van der Waals surface area (Å²) in [6.07, 6.45) is 3.23. The molecule has 0 fully saturated rings. The zero-order chi connectivity index (χ0) is 8.91. The van der Waals surface area contributed by atoms with Crippen LogP contribution in [-0.2, 0) is 0 Å². The predicted molar refractivity (Wildman–Crippen MR) is 50.2 cm³/mol. The van der Waals surface area contributed by atoms with Crippen LogP contribution in [0.5, 0.6) is 0 Å². The lowest BCUT2D eigenvalue weighted by atomic mass is 10.0. The fraction of sp³-hybridized carbons (Fsp3) is 1.00. The molecule has 0 saturated carbocycles. The molecule has 0 aliphatic rings. The molecule has 0 aromatic rings. The van der Waals surface area contributed by atoms with Crippen molar-refractivity contribution in [2.75, 3.05) is 6.61 Å². The van der Waals surface area contributed by atoms with Crippen molar-refractivity contribution < 1.29 is 5.11 Å². The average molecular weight is 199 g/mol. The van der Waals surface area contributed by atoms with E-state index in [1.807, 2.05) is 6.92 Å². The molecule has 1 atom stereocenters. The monoisotopic (exact) mass is 198 g/mol. The van der Waals surface area contributed by atoms with Gasteiger partial charge in [-0.25, -0.2) is 0 Å². The van der Waals surface area contributed by atoms with Crippen molar-refractivity contribution in [2.24, 2.45) is 5.92 Å². The van der Waals surface area contributed by atoms with Gasteiger partial charge in [0.25, 0.3) is 0 Å². The van der Waals surface area contributed by atoms with Crippen LogP contribution in [0.15, 0.2) is 0 Å². The van der Waals surface area contributed by atoms with Crippen LogP contribution >= 0.6 is 23.2 Å². The van der Waals surface area contributed by atoms with E-state index in [0.29, 0.717) is 0 Å². The Hall–Kier alpha value is 0.540. The fourth-order valence-electron chi connectivity index (χ4n) is 0.877. The third kappa shape index (κ3) is 4.19. The van der Waals surface area contributed by atoms with E-state index < -0.39 is 4.33 Å². The Morgan fingerprint density at radius 1 is 1.45 bits per heavy atom. The first-order valence-corrected chi connectivity index (χ1v) is 4.79.